The van der Waals surface area contributed by atoms with Gasteiger partial charge in [0.1, 0.15) is 0 Å². The second-order valence-electron chi connectivity index (χ2n) is 8.42. The van der Waals surface area contributed by atoms with E-state index in [1.54, 1.807) is 4.90 Å². The number of nitrogens with zero attached hydrogens (tertiary/aromatic N) is 3. The van der Waals surface area contributed by atoms with Crippen LogP contribution in [0.4, 0.5) is 13.2 Å². The van der Waals surface area contributed by atoms with Gasteiger partial charge in [-0.3, -0.25) is 9.59 Å². The van der Waals surface area contributed by atoms with E-state index < -0.39 is 32.6 Å². The van der Waals surface area contributed by atoms with E-state index in [1.165, 1.54) is 4.90 Å². The highest BCUT2D eigenvalue weighted by atomic mass is 32.2. The van der Waals surface area contributed by atoms with E-state index >= 15 is 0 Å². The number of halogens is 3. The minimum Gasteiger partial charge on any atom is -0.340 e. The summed E-state index contributed by atoms with van der Waals surface area (Å²) in [5.41, 5.74) is -0.0642. The third-order valence-corrected chi connectivity index (χ3v) is 8.02. The lowest BCUT2D eigenvalue weighted by Crippen LogP contribution is -2.52. The van der Waals surface area contributed by atoms with Gasteiger partial charge in [-0.15, -0.1) is 0 Å². The van der Waals surface area contributed by atoms with Crippen LogP contribution in [0, 0.1) is 5.92 Å². The Bertz CT molecular complexity index is 1160. The summed E-state index contributed by atoms with van der Waals surface area (Å²) in [6.45, 7) is 0.889. The Kier molecular flexibility index (Phi) is 6.68. The topological polar surface area (TPSA) is 78.0 Å². The number of sulfonamides is 1. The molecule has 0 saturated carbocycles. The van der Waals surface area contributed by atoms with Crippen LogP contribution in [0.25, 0.3) is 0 Å². The molecule has 1 atom stereocenters. The maximum atomic E-state index is 13.0. The van der Waals surface area contributed by atoms with Crippen LogP contribution in [0.15, 0.2) is 59.5 Å². The predicted molar refractivity (Wildman–Crippen MR) is 117 cm³/mol. The third-order valence-electron chi connectivity index (χ3n) is 6.13. The first-order valence-corrected chi connectivity index (χ1v) is 12.3. The normalized spacial score (nSPS) is 20.1. The van der Waals surface area contributed by atoms with Crippen LogP contribution in [0.5, 0.6) is 0 Å². The number of carbonyl (C=O) groups excluding carboxylic acids is 2. The van der Waals surface area contributed by atoms with Crippen LogP contribution in [0.2, 0.25) is 0 Å². The Balaban J connectivity index is 1.36. The minimum atomic E-state index is -4.65. The van der Waals surface area contributed by atoms with Crippen molar-refractivity contribution in [3.63, 3.8) is 0 Å². The molecule has 0 aliphatic carbocycles. The first-order valence-electron chi connectivity index (χ1n) is 10.8. The molecule has 1 unspecified atom stereocenters. The molecule has 2 heterocycles. The molecule has 2 aromatic rings. The maximum absolute atomic E-state index is 13.0. The highest BCUT2D eigenvalue weighted by Gasteiger charge is 2.39. The average molecular weight is 496 g/mol. The van der Waals surface area contributed by atoms with Gasteiger partial charge in [0.15, 0.2) is 0 Å². The van der Waals surface area contributed by atoms with Crippen LogP contribution in [0.3, 0.4) is 0 Å². The summed E-state index contributed by atoms with van der Waals surface area (Å²) < 4.78 is 65.8. The quantitative estimate of drug-likeness (QED) is 0.639. The third kappa shape index (κ3) is 5.10. The number of rotatable bonds is 5. The zero-order valence-corrected chi connectivity index (χ0v) is 19.1. The van der Waals surface area contributed by atoms with E-state index in [4.69, 9.17) is 0 Å². The zero-order chi connectivity index (χ0) is 24.5. The van der Waals surface area contributed by atoms with Crippen LogP contribution in [-0.4, -0.2) is 67.1 Å². The fraction of sp³-hybridized carbons (Fsp3) is 0.391. The largest absolute Gasteiger partial charge is 0.416 e. The Morgan fingerprint density at radius 2 is 1.65 bits per heavy atom. The van der Waals surface area contributed by atoms with Crippen molar-refractivity contribution in [1.29, 1.82) is 0 Å². The van der Waals surface area contributed by atoms with Gasteiger partial charge < -0.3 is 9.80 Å². The lowest BCUT2D eigenvalue weighted by molar-refractivity contribution is -0.138. The predicted octanol–water partition coefficient (Wildman–Crippen LogP) is 2.59. The van der Waals surface area contributed by atoms with Crippen molar-refractivity contribution in [2.75, 3.05) is 32.7 Å². The molecule has 0 N–H and O–H groups in total. The minimum absolute atomic E-state index is 0.0291. The smallest absolute Gasteiger partial charge is 0.340 e. The van der Waals surface area contributed by atoms with Crippen molar-refractivity contribution in [2.24, 2.45) is 5.92 Å². The molecule has 2 fully saturated rings. The summed E-state index contributed by atoms with van der Waals surface area (Å²) in [4.78, 5) is 28.1. The fourth-order valence-electron chi connectivity index (χ4n) is 4.28. The number of benzene rings is 2. The number of carbonyl (C=O) groups is 2. The van der Waals surface area contributed by atoms with Gasteiger partial charge >= 0.3 is 6.18 Å². The molecule has 0 radical (unpaired) electrons. The van der Waals surface area contributed by atoms with Gasteiger partial charge in [0.25, 0.3) is 0 Å². The molecule has 11 heteroatoms. The first kappa shape index (κ1) is 24.2. The summed E-state index contributed by atoms with van der Waals surface area (Å²) in [5.74, 6) is -0.809. The first-order chi connectivity index (χ1) is 16.1. The van der Waals surface area contributed by atoms with E-state index in [2.05, 4.69) is 0 Å². The Morgan fingerprint density at radius 1 is 0.971 bits per heavy atom. The van der Waals surface area contributed by atoms with Gasteiger partial charge in [0.2, 0.25) is 21.8 Å². The zero-order valence-electron chi connectivity index (χ0n) is 18.2. The number of piperazine rings is 1. The molecule has 2 amide bonds. The molecule has 2 saturated heterocycles. The highest BCUT2D eigenvalue weighted by Crippen LogP contribution is 2.31. The summed E-state index contributed by atoms with van der Waals surface area (Å²) >= 11 is 0. The molecule has 34 heavy (non-hydrogen) atoms. The van der Waals surface area contributed by atoms with Crippen molar-refractivity contribution >= 4 is 21.8 Å². The molecular formula is C23H24F3N3O4S. The number of amides is 2. The summed E-state index contributed by atoms with van der Waals surface area (Å²) in [7, 11) is -4.13. The Labute approximate surface area is 195 Å². The SMILES string of the molecule is O=C1CC(C(=O)N2CCN(S(=O)(=O)c3cccc(C(F)(F)F)c3)CC2)CN1Cc1ccccc1. The second kappa shape index (κ2) is 9.38. The Hall–Kier alpha value is -2.92. The molecule has 182 valence electrons. The maximum Gasteiger partial charge on any atom is 0.416 e. The lowest BCUT2D eigenvalue weighted by atomic mass is 10.1. The van der Waals surface area contributed by atoms with Gasteiger partial charge in [0, 0.05) is 45.7 Å². The number of hydrogen-bond donors (Lipinski definition) is 0. The van der Waals surface area contributed by atoms with E-state index in [0.717, 1.165) is 28.1 Å². The van der Waals surface area contributed by atoms with Crippen molar-refractivity contribution < 1.29 is 31.2 Å². The van der Waals surface area contributed by atoms with Gasteiger partial charge in [-0.2, -0.15) is 17.5 Å². The van der Waals surface area contributed by atoms with Gasteiger partial charge in [-0.05, 0) is 23.8 Å². The molecule has 0 aromatic heterocycles. The van der Waals surface area contributed by atoms with Crippen LogP contribution < -0.4 is 0 Å². The van der Waals surface area contributed by atoms with Crippen molar-refractivity contribution in [3.8, 4) is 0 Å². The average Bonchev–Trinajstić information content (AvgIpc) is 3.19. The summed E-state index contributed by atoms with van der Waals surface area (Å²) in [5, 5.41) is 0. The van der Waals surface area contributed by atoms with Gasteiger partial charge in [-0.1, -0.05) is 36.4 Å². The van der Waals surface area contributed by atoms with E-state index in [1.807, 2.05) is 30.3 Å². The van der Waals surface area contributed by atoms with Crippen LogP contribution in [-0.2, 0) is 32.3 Å². The second-order valence-corrected chi connectivity index (χ2v) is 10.4. The van der Waals surface area contributed by atoms with Crippen molar-refractivity contribution in [3.05, 3.63) is 65.7 Å². The number of alkyl halides is 3. The van der Waals surface area contributed by atoms with Gasteiger partial charge in [0.05, 0.1) is 16.4 Å². The highest BCUT2D eigenvalue weighted by molar-refractivity contribution is 7.89. The molecular weight excluding hydrogens is 471 g/mol. The molecule has 4 rings (SSSR count). The number of hydrogen-bond acceptors (Lipinski definition) is 4. The number of likely N-dealkylation sites (tertiary alicyclic amines) is 1. The van der Waals surface area contributed by atoms with E-state index in [0.29, 0.717) is 19.2 Å². The van der Waals surface area contributed by atoms with Crippen LogP contribution in [0.1, 0.15) is 17.5 Å². The van der Waals surface area contributed by atoms with E-state index in [-0.39, 0.29) is 44.4 Å². The summed E-state index contributed by atoms with van der Waals surface area (Å²) in [6.07, 6.45) is -4.54. The fourth-order valence-corrected chi connectivity index (χ4v) is 5.75. The molecule has 2 aliphatic heterocycles. The standard InChI is InChI=1S/C23H24F3N3O4S/c24-23(25,26)19-7-4-8-20(14-19)34(32,33)29-11-9-27(10-12-29)22(31)18-13-21(30)28(16-18)15-17-5-2-1-3-6-17/h1-8,14,18H,9-13,15-16H2. The molecule has 0 bridgehead atoms. The van der Waals surface area contributed by atoms with Gasteiger partial charge in [-0.25, -0.2) is 8.42 Å². The summed E-state index contributed by atoms with van der Waals surface area (Å²) in [6, 6.07) is 13.1. The van der Waals surface area contributed by atoms with Crippen molar-refractivity contribution in [1.82, 2.24) is 14.1 Å². The Morgan fingerprint density at radius 3 is 2.29 bits per heavy atom. The molecule has 2 aliphatic rings. The van der Waals surface area contributed by atoms with Crippen LogP contribution >= 0.6 is 0 Å². The molecule has 7 nitrogen and oxygen atoms in total. The van der Waals surface area contributed by atoms with E-state index in [9.17, 15) is 31.2 Å². The molecule has 0 spiro atoms. The molecule has 2 aromatic carbocycles. The van der Waals surface area contributed by atoms with Crippen molar-refractivity contribution in [2.45, 2.75) is 24.0 Å². The monoisotopic (exact) mass is 495 g/mol. The lowest BCUT2D eigenvalue weighted by Gasteiger charge is -2.35.